The van der Waals surface area contributed by atoms with Crippen LogP contribution < -0.4 is 5.43 Å². The first-order valence-electron chi connectivity index (χ1n) is 5.97. The second-order valence-electron chi connectivity index (χ2n) is 3.97. The van der Waals surface area contributed by atoms with Crippen LogP contribution in [0.3, 0.4) is 0 Å². The SMILES string of the molecule is C(=N\Nc1ccc(-c2nnco2)cc1)/c1ccncc1. The maximum atomic E-state index is 5.12. The van der Waals surface area contributed by atoms with E-state index in [2.05, 4.69) is 25.7 Å². The summed E-state index contributed by atoms with van der Waals surface area (Å²) in [5, 5.41) is 11.6. The number of hydrogen-bond acceptors (Lipinski definition) is 6. The molecule has 0 saturated heterocycles. The van der Waals surface area contributed by atoms with Crippen molar-refractivity contribution < 1.29 is 4.42 Å². The average Bonchev–Trinajstić information content (AvgIpc) is 3.03. The third-order valence-corrected chi connectivity index (χ3v) is 2.61. The molecule has 0 atom stereocenters. The number of rotatable bonds is 4. The number of hydrogen-bond donors (Lipinski definition) is 1. The van der Waals surface area contributed by atoms with Crippen LogP contribution >= 0.6 is 0 Å². The third-order valence-electron chi connectivity index (χ3n) is 2.61. The quantitative estimate of drug-likeness (QED) is 0.579. The van der Waals surface area contributed by atoms with Crippen molar-refractivity contribution in [3.05, 3.63) is 60.7 Å². The lowest BCUT2D eigenvalue weighted by molar-refractivity contribution is 0.568. The van der Waals surface area contributed by atoms with Gasteiger partial charge in [0, 0.05) is 18.0 Å². The molecule has 6 heteroatoms. The Morgan fingerprint density at radius 3 is 2.55 bits per heavy atom. The standard InChI is InChI=1S/C14H11N5O/c1-3-13(4-2-12(1)14-19-17-10-20-14)18-16-9-11-5-7-15-8-6-11/h1-10,18H/b16-9+. The summed E-state index contributed by atoms with van der Waals surface area (Å²) in [7, 11) is 0. The predicted molar refractivity (Wildman–Crippen MR) is 75.2 cm³/mol. The van der Waals surface area contributed by atoms with Crippen LogP contribution in [0.25, 0.3) is 11.5 Å². The predicted octanol–water partition coefficient (Wildman–Crippen LogP) is 2.58. The maximum absolute atomic E-state index is 5.12. The molecule has 2 aromatic heterocycles. The number of pyridine rings is 1. The van der Waals surface area contributed by atoms with Gasteiger partial charge in [-0.25, -0.2) is 0 Å². The molecule has 1 N–H and O–H groups in total. The van der Waals surface area contributed by atoms with Crippen LogP contribution in [0.5, 0.6) is 0 Å². The van der Waals surface area contributed by atoms with Crippen LogP contribution in [0.15, 0.2) is 64.7 Å². The second-order valence-corrected chi connectivity index (χ2v) is 3.97. The highest BCUT2D eigenvalue weighted by molar-refractivity contribution is 5.79. The summed E-state index contributed by atoms with van der Waals surface area (Å²) >= 11 is 0. The topological polar surface area (TPSA) is 76.2 Å². The molecule has 0 amide bonds. The van der Waals surface area contributed by atoms with E-state index in [1.54, 1.807) is 18.6 Å². The summed E-state index contributed by atoms with van der Waals surface area (Å²) in [6, 6.07) is 11.3. The Bertz CT molecular complexity index is 677. The van der Waals surface area contributed by atoms with Gasteiger partial charge in [0.25, 0.3) is 0 Å². The van der Waals surface area contributed by atoms with E-state index in [1.807, 2.05) is 36.4 Å². The van der Waals surface area contributed by atoms with E-state index in [1.165, 1.54) is 6.39 Å². The van der Waals surface area contributed by atoms with Gasteiger partial charge in [0.1, 0.15) is 0 Å². The molecule has 1 aromatic carbocycles. The van der Waals surface area contributed by atoms with Crippen LogP contribution in [0, 0.1) is 0 Å². The molecule has 0 aliphatic rings. The van der Waals surface area contributed by atoms with E-state index >= 15 is 0 Å². The van der Waals surface area contributed by atoms with Crippen molar-refractivity contribution in [3.8, 4) is 11.5 Å². The van der Waals surface area contributed by atoms with Gasteiger partial charge in [-0.05, 0) is 42.0 Å². The van der Waals surface area contributed by atoms with Gasteiger partial charge in [-0.3, -0.25) is 10.4 Å². The molecular formula is C14H11N5O. The molecule has 20 heavy (non-hydrogen) atoms. The highest BCUT2D eigenvalue weighted by Gasteiger charge is 2.02. The van der Waals surface area contributed by atoms with Crippen LogP contribution in [0.2, 0.25) is 0 Å². The van der Waals surface area contributed by atoms with Crippen LogP contribution in [-0.4, -0.2) is 21.4 Å². The lowest BCUT2D eigenvalue weighted by Gasteiger charge is -2.00. The van der Waals surface area contributed by atoms with Crippen molar-refractivity contribution in [2.24, 2.45) is 5.10 Å². The minimum atomic E-state index is 0.497. The van der Waals surface area contributed by atoms with E-state index in [0.717, 1.165) is 16.8 Å². The minimum Gasteiger partial charge on any atom is -0.423 e. The van der Waals surface area contributed by atoms with Gasteiger partial charge in [-0.1, -0.05) is 0 Å². The van der Waals surface area contributed by atoms with Crippen molar-refractivity contribution in [1.82, 2.24) is 15.2 Å². The van der Waals surface area contributed by atoms with Gasteiger partial charge >= 0.3 is 0 Å². The lowest BCUT2D eigenvalue weighted by atomic mass is 10.2. The number of nitrogens with one attached hydrogen (secondary N) is 1. The Hall–Kier alpha value is -3.02. The highest BCUT2D eigenvalue weighted by Crippen LogP contribution is 2.18. The van der Waals surface area contributed by atoms with E-state index < -0.39 is 0 Å². The van der Waals surface area contributed by atoms with Crippen molar-refractivity contribution in [2.45, 2.75) is 0 Å². The largest absolute Gasteiger partial charge is 0.423 e. The van der Waals surface area contributed by atoms with E-state index in [4.69, 9.17) is 4.42 Å². The Kier molecular flexibility index (Phi) is 3.46. The Labute approximate surface area is 115 Å². The average molecular weight is 265 g/mol. The van der Waals surface area contributed by atoms with E-state index in [-0.39, 0.29) is 0 Å². The molecule has 0 aliphatic carbocycles. The van der Waals surface area contributed by atoms with E-state index in [9.17, 15) is 0 Å². The number of benzene rings is 1. The summed E-state index contributed by atoms with van der Waals surface area (Å²) in [5.41, 5.74) is 5.67. The van der Waals surface area contributed by atoms with Crippen LogP contribution in [0.1, 0.15) is 5.56 Å². The number of anilines is 1. The molecule has 0 spiro atoms. The fourth-order valence-electron chi connectivity index (χ4n) is 1.62. The van der Waals surface area contributed by atoms with Gasteiger partial charge < -0.3 is 4.42 Å². The van der Waals surface area contributed by atoms with Crippen LogP contribution in [-0.2, 0) is 0 Å². The summed E-state index contributed by atoms with van der Waals surface area (Å²) in [4.78, 5) is 3.94. The van der Waals surface area contributed by atoms with Gasteiger partial charge in [0.2, 0.25) is 12.3 Å². The molecule has 0 unspecified atom stereocenters. The zero-order chi connectivity index (χ0) is 13.6. The lowest BCUT2D eigenvalue weighted by Crippen LogP contribution is -1.90. The highest BCUT2D eigenvalue weighted by atomic mass is 16.4. The number of hydrazone groups is 1. The zero-order valence-electron chi connectivity index (χ0n) is 10.5. The fraction of sp³-hybridized carbons (Fsp3) is 0. The summed E-state index contributed by atoms with van der Waals surface area (Å²) in [6.45, 7) is 0. The molecule has 0 fully saturated rings. The Balaban J connectivity index is 1.65. The Morgan fingerprint density at radius 2 is 1.85 bits per heavy atom. The minimum absolute atomic E-state index is 0.497. The molecule has 0 aliphatic heterocycles. The number of nitrogens with zero attached hydrogens (tertiary/aromatic N) is 4. The van der Waals surface area contributed by atoms with Crippen molar-refractivity contribution >= 4 is 11.9 Å². The molecule has 2 heterocycles. The normalized spacial score (nSPS) is 10.8. The van der Waals surface area contributed by atoms with Gasteiger partial charge in [-0.2, -0.15) is 5.10 Å². The second kappa shape index (κ2) is 5.75. The smallest absolute Gasteiger partial charge is 0.247 e. The monoisotopic (exact) mass is 265 g/mol. The first kappa shape index (κ1) is 12.0. The van der Waals surface area contributed by atoms with Crippen molar-refractivity contribution in [2.75, 3.05) is 5.43 Å². The molecular weight excluding hydrogens is 254 g/mol. The van der Waals surface area contributed by atoms with Gasteiger partial charge in [0.05, 0.1) is 11.9 Å². The molecule has 98 valence electrons. The number of aromatic nitrogens is 3. The molecule has 3 aromatic rings. The van der Waals surface area contributed by atoms with Crippen LogP contribution in [0.4, 0.5) is 5.69 Å². The van der Waals surface area contributed by atoms with Gasteiger partial charge in [-0.15, -0.1) is 10.2 Å². The Morgan fingerprint density at radius 1 is 1.05 bits per heavy atom. The molecule has 0 radical (unpaired) electrons. The first-order valence-corrected chi connectivity index (χ1v) is 5.97. The molecule has 0 bridgehead atoms. The first-order chi connectivity index (χ1) is 9.92. The molecule has 0 saturated carbocycles. The zero-order valence-corrected chi connectivity index (χ0v) is 10.5. The molecule has 3 rings (SSSR count). The summed E-state index contributed by atoms with van der Waals surface area (Å²) in [5.74, 6) is 0.497. The fourth-order valence-corrected chi connectivity index (χ4v) is 1.62. The molecule has 6 nitrogen and oxygen atoms in total. The van der Waals surface area contributed by atoms with Gasteiger partial charge in [0.15, 0.2) is 0 Å². The van der Waals surface area contributed by atoms with Crippen molar-refractivity contribution in [1.29, 1.82) is 0 Å². The third kappa shape index (κ3) is 2.86. The maximum Gasteiger partial charge on any atom is 0.247 e. The summed E-state index contributed by atoms with van der Waals surface area (Å²) < 4.78 is 5.12. The van der Waals surface area contributed by atoms with Crippen molar-refractivity contribution in [3.63, 3.8) is 0 Å². The summed E-state index contributed by atoms with van der Waals surface area (Å²) in [6.07, 6.45) is 6.48. The van der Waals surface area contributed by atoms with E-state index in [0.29, 0.717) is 5.89 Å².